The maximum absolute atomic E-state index is 13.3. The Morgan fingerprint density at radius 3 is 1.97 bits per heavy atom. The Morgan fingerprint density at radius 2 is 1.40 bits per heavy atom. The lowest BCUT2D eigenvalue weighted by atomic mass is 9.85. The number of anilines is 2. The van der Waals surface area contributed by atoms with Crippen LogP contribution < -0.4 is 4.90 Å². The summed E-state index contributed by atoms with van der Waals surface area (Å²) < 4.78 is 0. The number of amides is 3. The van der Waals surface area contributed by atoms with Crippen molar-refractivity contribution in [2.45, 2.75) is 22.6 Å². The van der Waals surface area contributed by atoms with Crippen molar-refractivity contribution in [1.82, 2.24) is 4.90 Å². The monoisotopic (exact) mass is 416 g/mol. The minimum Gasteiger partial charge on any atom is -0.282 e. The van der Waals surface area contributed by atoms with Crippen molar-refractivity contribution in [1.29, 1.82) is 0 Å². The molecule has 6 heteroatoms. The van der Waals surface area contributed by atoms with Crippen LogP contribution in [-0.2, 0) is 14.4 Å². The van der Waals surface area contributed by atoms with Gasteiger partial charge in [-0.05, 0) is 42.5 Å². The highest BCUT2D eigenvalue weighted by molar-refractivity contribution is 7.99. The molecule has 3 amide bonds. The first kappa shape index (κ1) is 18.0. The zero-order chi connectivity index (χ0) is 20.4. The Morgan fingerprint density at radius 1 is 0.867 bits per heavy atom. The van der Waals surface area contributed by atoms with Crippen LogP contribution in [0.25, 0.3) is 0 Å². The van der Waals surface area contributed by atoms with E-state index in [1.54, 1.807) is 16.7 Å². The second-order valence-electron chi connectivity index (χ2n) is 8.34. The molecule has 150 valence electrons. The summed E-state index contributed by atoms with van der Waals surface area (Å²) in [5.74, 6) is -0.334. The number of likely N-dealkylation sites (tertiary alicyclic amines) is 1. The molecule has 1 saturated heterocycles. The number of hydrogen-bond donors (Lipinski definition) is 0. The Balaban J connectivity index is 1.25. The molecular weight excluding hydrogens is 396 g/mol. The SMILES string of the molecule is O=C1[C@@H]2[C@H](C(=O)N1CCC(=O)N1c3ccccc3Sc3ccccc31)[C@@H]1C=C[C@H]2C1. The van der Waals surface area contributed by atoms with Crippen LogP contribution in [0, 0.1) is 23.7 Å². The number of imide groups is 1. The quantitative estimate of drug-likeness (QED) is 0.560. The molecule has 0 radical (unpaired) electrons. The van der Waals surface area contributed by atoms with Crippen LogP contribution in [0.2, 0.25) is 0 Å². The number of allylic oxidation sites excluding steroid dienone is 2. The molecule has 1 saturated carbocycles. The molecule has 0 N–H and O–H groups in total. The smallest absolute Gasteiger partial charge is 0.233 e. The van der Waals surface area contributed by atoms with Gasteiger partial charge in [-0.3, -0.25) is 24.2 Å². The van der Waals surface area contributed by atoms with Gasteiger partial charge < -0.3 is 0 Å². The maximum Gasteiger partial charge on any atom is 0.233 e. The van der Waals surface area contributed by atoms with E-state index in [1.807, 2.05) is 48.5 Å². The van der Waals surface area contributed by atoms with Gasteiger partial charge in [0.25, 0.3) is 0 Å². The fourth-order valence-corrected chi connectivity index (χ4v) is 6.53. The fourth-order valence-electron chi connectivity index (χ4n) is 5.48. The summed E-state index contributed by atoms with van der Waals surface area (Å²) in [5, 5.41) is 0. The van der Waals surface area contributed by atoms with E-state index in [0.717, 1.165) is 27.6 Å². The Hall–Kier alpha value is -2.86. The largest absolute Gasteiger partial charge is 0.282 e. The summed E-state index contributed by atoms with van der Waals surface area (Å²) in [4.78, 5) is 44.3. The fraction of sp³-hybridized carbons (Fsp3) is 0.292. The number of para-hydroxylation sites is 2. The Labute approximate surface area is 178 Å². The summed E-state index contributed by atoms with van der Waals surface area (Å²) in [7, 11) is 0. The van der Waals surface area contributed by atoms with E-state index >= 15 is 0 Å². The first-order valence-electron chi connectivity index (χ1n) is 10.4. The predicted octanol–water partition coefficient (Wildman–Crippen LogP) is 4.01. The van der Waals surface area contributed by atoms with E-state index in [1.165, 1.54) is 4.90 Å². The highest BCUT2D eigenvalue weighted by Crippen LogP contribution is 2.52. The molecule has 5 nitrogen and oxygen atoms in total. The molecular formula is C24H20N2O3S. The van der Waals surface area contributed by atoms with E-state index < -0.39 is 0 Å². The molecule has 2 fully saturated rings. The standard InChI is InChI=1S/C24H20N2O3S/c27-20(11-12-25-23(28)21-14-9-10-15(13-14)22(21)24(25)29)26-16-5-1-3-7-18(16)30-19-8-4-2-6-17(19)26/h1-10,14-15,21-22H,11-13H2/t14-,15+,21-,22+. The summed E-state index contributed by atoms with van der Waals surface area (Å²) >= 11 is 1.65. The van der Waals surface area contributed by atoms with Gasteiger partial charge in [-0.15, -0.1) is 0 Å². The zero-order valence-electron chi connectivity index (χ0n) is 16.2. The van der Waals surface area contributed by atoms with E-state index in [2.05, 4.69) is 12.2 Å². The van der Waals surface area contributed by atoms with Crippen molar-refractivity contribution in [3.8, 4) is 0 Å². The Kier molecular flexibility index (Phi) is 3.93. The number of hydrogen-bond acceptors (Lipinski definition) is 4. The topological polar surface area (TPSA) is 57.7 Å². The summed E-state index contributed by atoms with van der Waals surface area (Å²) in [6.07, 6.45) is 5.21. The lowest BCUT2D eigenvalue weighted by Crippen LogP contribution is -2.37. The minimum absolute atomic E-state index is 0.0929. The van der Waals surface area contributed by atoms with Crippen molar-refractivity contribution in [3.05, 3.63) is 60.7 Å². The number of nitrogens with zero attached hydrogens (tertiary/aromatic N) is 2. The molecule has 2 aliphatic heterocycles. The lowest BCUT2D eigenvalue weighted by molar-refractivity contribution is -0.140. The van der Waals surface area contributed by atoms with E-state index in [4.69, 9.17) is 0 Å². The van der Waals surface area contributed by atoms with Gasteiger partial charge in [0.05, 0.1) is 23.2 Å². The third kappa shape index (κ3) is 2.46. The third-order valence-electron chi connectivity index (χ3n) is 6.79. The van der Waals surface area contributed by atoms with Gasteiger partial charge >= 0.3 is 0 Å². The van der Waals surface area contributed by atoms with Crippen LogP contribution in [0.1, 0.15) is 12.8 Å². The molecule has 4 atom stereocenters. The number of fused-ring (bicyclic) bond motifs is 7. The van der Waals surface area contributed by atoms with Crippen molar-refractivity contribution in [2.75, 3.05) is 11.4 Å². The van der Waals surface area contributed by atoms with Crippen molar-refractivity contribution in [2.24, 2.45) is 23.7 Å². The maximum atomic E-state index is 13.3. The molecule has 2 bridgehead atoms. The molecule has 2 aromatic rings. The molecule has 0 unspecified atom stereocenters. The van der Waals surface area contributed by atoms with Gasteiger partial charge in [0.2, 0.25) is 17.7 Å². The molecule has 30 heavy (non-hydrogen) atoms. The molecule has 0 aromatic heterocycles. The van der Waals surface area contributed by atoms with Crippen molar-refractivity contribution in [3.63, 3.8) is 0 Å². The van der Waals surface area contributed by atoms with Crippen molar-refractivity contribution >= 4 is 40.9 Å². The zero-order valence-corrected chi connectivity index (χ0v) is 17.0. The number of rotatable bonds is 3. The van der Waals surface area contributed by atoms with Crippen LogP contribution in [0.5, 0.6) is 0 Å². The lowest BCUT2D eigenvalue weighted by Gasteiger charge is -2.31. The second-order valence-corrected chi connectivity index (χ2v) is 9.43. The van der Waals surface area contributed by atoms with Crippen LogP contribution in [0.15, 0.2) is 70.5 Å². The van der Waals surface area contributed by atoms with Gasteiger partial charge in [0, 0.05) is 22.8 Å². The molecule has 2 heterocycles. The van der Waals surface area contributed by atoms with Crippen LogP contribution in [-0.4, -0.2) is 29.2 Å². The first-order chi connectivity index (χ1) is 14.6. The first-order valence-corrected chi connectivity index (χ1v) is 11.2. The van der Waals surface area contributed by atoms with E-state index in [9.17, 15) is 14.4 Å². The summed E-state index contributed by atoms with van der Waals surface area (Å²) in [5.41, 5.74) is 1.70. The van der Waals surface area contributed by atoms with Crippen LogP contribution >= 0.6 is 11.8 Å². The predicted molar refractivity (Wildman–Crippen MR) is 113 cm³/mol. The van der Waals surface area contributed by atoms with E-state index in [-0.39, 0.29) is 54.4 Å². The molecule has 2 aliphatic carbocycles. The van der Waals surface area contributed by atoms with Crippen molar-refractivity contribution < 1.29 is 14.4 Å². The highest BCUT2D eigenvalue weighted by Gasteiger charge is 2.59. The van der Waals surface area contributed by atoms with Gasteiger partial charge in [-0.1, -0.05) is 48.2 Å². The normalized spacial score (nSPS) is 28.0. The van der Waals surface area contributed by atoms with Gasteiger partial charge in [0.1, 0.15) is 0 Å². The van der Waals surface area contributed by atoms with Crippen LogP contribution in [0.3, 0.4) is 0 Å². The van der Waals surface area contributed by atoms with Gasteiger partial charge in [-0.25, -0.2) is 0 Å². The highest BCUT2D eigenvalue weighted by atomic mass is 32.2. The van der Waals surface area contributed by atoms with Gasteiger partial charge in [-0.2, -0.15) is 0 Å². The number of carbonyl (C=O) groups is 3. The van der Waals surface area contributed by atoms with Crippen LogP contribution in [0.4, 0.5) is 11.4 Å². The summed E-state index contributed by atoms with van der Waals surface area (Å²) in [6, 6.07) is 15.7. The molecule has 6 rings (SSSR count). The minimum atomic E-state index is -0.213. The third-order valence-corrected chi connectivity index (χ3v) is 7.92. The second kappa shape index (κ2) is 6.57. The van der Waals surface area contributed by atoms with E-state index in [0.29, 0.717) is 0 Å². The van der Waals surface area contributed by atoms with Gasteiger partial charge in [0.15, 0.2) is 0 Å². The average molecular weight is 417 g/mol. The number of carbonyl (C=O) groups excluding carboxylic acids is 3. The molecule has 2 aromatic carbocycles. The average Bonchev–Trinajstić information content (AvgIpc) is 3.44. The molecule has 0 spiro atoms. The summed E-state index contributed by atoms with van der Waals surface area (Å²) in [6.45, 7) is 0.150. The Bertz CT molecular complexity index is 1050. The number of benzene rings is 2. The molecule has 4 aliphatic rings.